The predicted molar refractivity (Wildman–Crippen MR) is 109 cm³/mol. The SMILES string of the molecule is CCOC(=O)C1CCC=C(c2ccc(NC(=O)Cc3cccc(OC(F)(F)F)c3)nn2)C1. The third-order valence-electron chi connectivity index (χ3n) is 4.75. The third-order valence-corrected chi connectivity index (χ3v) is 4.75. The zero-order valence-electron chi connectivity index (χ0n) is 17.3. The number of esters is 1. The Bertz CT molecular complexity index is 991. The summed E-state index contributed by atoms with van der Waals surface area (Å²) in [5.41, 5.74) is 1.85. The fourth-order valence-corrected chi connectivity index (χ4v) is 3.38. The van der Waals surface area contributed by atoms with Gasteiger partial charge in [0, 0.05) is 0 Å². The van der Waals surface area contributed by atoms with Crippen molar-refractivity contribution in [2.75, 3.05) is 11.9 Å². The molecule has 0 aliphatic heterocycles. The summed E-state index contributed by atoms with van der Waals surface area (Å²) in [5.74, 6) is -1.09. The van der Waals surface area contributed by atoms with Crippen molar-refractivity contribution < 1.29 is 32.2 Å². The summed E-state index contributed by atoms with van der Waals surface area (Å²) in [5, 5.41) is 10.7. The first kappa shape index (κ1) is 23.2. The van der Waals surface area contributed by atoms with E-state index in [2.05, 4.69) is 20.3 Å². The Balaban J connectivity index is 1.58. The van der Waals surface area contributed by atoms with E-state index in [1.165, 1.54) is 12.1 Å². The van der Waals surface area contributed by atoms with E-state index in [1.54, 1.807) is 19.1 Å². The highest BCUT2D eigenvalue weighted by Gasteiger charge is 2.31. The van der Waals surface area contributed by atoms with Crippen molar-refractivity contribution in [2.24, 2.45) is 5.92 Å². The Kier molecular flexibility index (Phi) is 7.45. The van der Waals surface area contributed by atoms with E-state index in [1.807, 2.05) is 6.08 Å². The van der Waals surface area contributed by atoms with Crippen molar-refractivity contribution in [3.63, 3.8) is 0 Å². The van der Waals surface area contributed by atoms with E-state index in [0.29, 0.717) is 24.3 Å². The number of amides is 1. The van der Waals surface area contributed by atoms with Gasteiger partial charge in [-0.05, 0) is 61.6 Å². The summed E-state index contributed by atoms with van der Waals surface area (Å²) in [6, 6.07) is 8.48. The van der Waals surface area contributed by atoms with Gasteiger partial charge in [0.25, 0.3) is 0 Å². The number of nitrogens with zero attached hydrogens (tertiary/aromatic N) is 2. The van der Waals surface area contributed by atoms with Crippen molar-refractivity contribution in [1.82, 2.24) is 10.2 Å². The molecule has 1 aromatic heterocycles. The quantitative estimate of drug-likeness (QED) is 0.634. The number of hydrogen-bond donors (Lipinski definition) is 1. The number of carbonyl (C=O) groups is 2. The zero-order chi connectivity index (χ0) is 23.1. The van der Waals surface area contributed by atoms with Crippen LogP contribution in [0.15, 0.2) is 42.5 Å². The summed E-state index contributed by atoms with van der Waals surface area (Å²) in [6.07, 6.45) is -0.994. The summed E-state index contributed by atoms with van der Waals surface area (Å²) < 4.78 is 46.0. The number of hydrogen-bond acceptors (Lipinski definition) is 6. The molecule has 3 rings (SSSR count). The van der Waals surface area contributed by atoms with Gasteiger partial charge in [-0.25, -0.2) is 0 Å². The second-order valence-electron chi connectivity index (χ2n) is 7.18. The Hall–Kier alpha value is -3.43. The number of rotatable bonds is 7. The average molecular weight is 449 g/mol. The minimum Gasteiger partial charge on any atom is -0.466 e. The molecule has 7 nitrogen and oxygen atoms in total. The number of alkyl halides is 3. The molecule has 0 spiro atoms. The van der Waals surface area contributed by atoms with Crippen LogP contribution in [0.1, 0.15) is 37.4 Å². The smallest absolute Gasteiger partial charge is 0.466 e. The van der Waals surface area contributed by atoms with E-state index in [9.17, 15) is 22.8 Å². The fraction of sp³-hybridized carbons (Fsp3) is 0.364. The number of aromatic nitrogens is 2. The molecule has 0 fully saturated rings. The molecule has 2 aromatic rings. The van der Waals surface area contributed by atoms with Gasteiger partial charge in [0.05, 0.1) is 24.6 Å². The van der Waals surface area contributed by atoms with E-state index < -0.39 is 18.0 Å². The molecule has 10 heteroatoms. The van der Waals surface area contributed by atoms with E-state index >= 15 is 0 Å². The van der Waals surface area contributed by atoms with Gasteiger partial charge in [-0.2, -0.15) is 0 Å². The second kappa shape index (κ2) is 10.3. The normalized spacial score (nSPS) is 16.1. The standard InChI is InChI=1S/C22H22F3N3O4/c1-2-31-21(30)16-7-4-6-15(13-16)18-9-10-19(28-27-18)26-20(29)12-14-5-3-8-17(11-14)32-22(23,24)25/h3,5-6,8-11,16H,2,4,7,12-13H2,1H3,(H,26,28,29). The van der Waals surface area contributed by atoms with Crippen LogP contribution >= 0.6 is 0 Å². The van der Waals surface area contributed by atoms with E-state index in [-0.39, 0.29) is 24.1 Å². The highest BCUT2D eigenvalue weighted by Crippen LogP contribution is 2.31. The monoisotopic (exact) mass is 449 g/mol. The lowest BCUT2D eigenvalue weighted by Crippen LogP contribution is -2.20. The summed E-state index contributed by atoms with van der Waals surface area (Å²) in [7, 11) is 0. The van der Waals surface area contributed by atoms with Crippen molar-refractivity contribution in [3.8, 4) is 5.75 Å². The lowest BCUT2D eigenvalue weighted by molar-refractivity contribution is -0.274. The van der Waals surface area contributed by atoms with Gasteiger partial charge in [0.1, 0.15) is 5.75 Å². The number of benzene rings is 1. The molecular weight excluding hydrogens is 427 g/mol. The van der Waals surface area contributed by atoms with Gasteiger partial charge in [-0.3, -0.25) is 9.59 Å². The molecule has 1 unspecified atom stereocenters. The van der Waals surface area contributed by atoms with Crippen LogP contribution < -0.4 is 10.1 Å². The first-order valence-electron chi connectivity index (χ1n) is 10.1. The molecule has 0 bridgehead atoms. The fourth-order valence-electron chi connectivity index (χ4n) is 3.38. The molecule has 1 aliphatic carbocycles. The average Bonchev–Trinajstić information content (AvgIpc) is 2.73. The van der Waals surface area contributed by atoms with Crippen LogP contribution in [0, 0.1) is 5.92 Å². The van der Waals surface area contributed by atoms with Gasteiger partial charge >= 0.3 is 12.3 Å². The van der Waals surface area contributed by atoms with Gasteiger partial charge in [-0.1, -0.05) is 18.2 Å². The van der Waals surface area contributed by atoms with Crippen LogP contribution in [0.4, 0.5) is 19.0 Å². The second-order valence-corrected chi connectivity index (χ2v) is 7.18. The van der Waals surface area contributed by atoms with Crippen molar-refractivity contribution >= 4 is 23.3 Å². The summed E-state index contributed by atoms with van der Waals surface area (Å²) >= 11 is 0. The molecule has 1 aromatic carbocycles. The largest absolute Gasteiger partial charge is 0.573 e. The Morgan fingerprint density at radius 3 is 2.69 bits per heavy atom. The number of halogens is 3. The maximum absolute atomic E-state index is 12.3. The minimum atomic E-state index is -4.80. The van der Waals surface area contributed by atoms with Crippen molar-refractivity contribution in [3.05, 3.63) is 53.7 Å². The van der Waals surface area contributed by atoms with Crippen LogP contribution in [-0.4, -0.2) is 35.0 Å². The first-order chi connectivity index (χ1) is 15.2. The molecule has 170 valence electrons. The number of carbonyl (C=O) groups excluding carboxylic acids is 2. The van der Waals surface area contributed by atoms with Gasteiger partial charge in [-0.15, -0.1) is 23.4 Å². The predicted octanol–water partition coefficient (Wildman–Crippen LogP) is 4.30. The number of ether oxygens (including phenoxy) is 2. The number of allylic oxidation sites excluding steroid dienone is 2. The number of nitrogens with one attached hydrogen (secondary N) is 1. The molecule has 0 saturated carbocycles. The van der Waals surface area contributed by atoms with E-state index in [0.717, 1.165) is 30.5 Å². The maximum Gasteiger partial charge on any atom is 0.573 e. The van der Waals surface area contributed by atoms with Gasteiger partial charge in [0.15, 0.2) is 5.82 Å². The lowest BCUT2D eigenvalue weighted by Gasteiger charge is -2.20. The Morgan fingerprint density at radius 1 is 1.19 bits per heavy atom. The molecule has 1 aliphatic rings. The molecule has 1 N–H and O–H groups in total. The summed E-state index contributed by atoms with van der Waals surface area (Å²) in [4.78, 5) is 24.2. The van der Waals surface area contributed by atoms with E-state index in [4.69, 9.17) is 4.74 Å². The molecule has 1 atom stereocenters. The van der Waals surface area contributed by atoms with Crippen LogP contribution in [0.2, 0.25) is 0 Å². The van der Waals surface area contributed by atoms with Crippen molar-refractivity contribution in [2.45, 2.75) is 39.0 Å². The van der Waals surface area contributed by atoms with Gasteiger partial charge < -0.3 is 14.8 Å². The summed E-state index contributed by atoms with van der Waals surface area (Å²) in [6.45, 7) is 2.10. The molecule has 1 heterocycles. The topological polar surface area (TPSA) is 90.4 Å². The highest BCUT2D eigenvalue weighted by atomic mass is 19.4. The highest BCUT2D eigenvalue weighted by molar-refractivity contribution is 5.91. The third kappa shape index (κ3) is 6.79. The molecule has 0 radical (unpaired) electrons. The Morgan fingerprint density at radius 2 is 2.00 bits per heavy atom. The number of anilines is 1. The van der Waals surface area contributed by atoms with Crippen LogP contribution in [-0.2, 0) is 20.7 Å². The molecular formula is C22H22F3N3O4. The van der Waals surface area contributed by atoms with Crippen LogP contribution in [0.5, 0.6) is 5.75 Å². The first-order valence-corrected chi connectivity index (χ1v) is 10.1. The van der Waals surface area contributed by atoms with Crippen molar-refractivity contribution in [1.29, 1.82) is 0 Å². The van der Waals surface area contributed by atoms with Crippen LogP contribution in [0.25, 0.3) is 5.57 Å². The molecule has 32 heavy (non-hydrogen) atoms. The van der Waals surface area contributed by atoms with Crippen LogP contribution in [0.3, 0.4) is 0 Å². The molecule has 1 amide bonds. The molecule has 0 saturated heterocycles. The maximum atomic E-state index is 12.3. The lowest BCUT2D eigenvalue weighted by atomic mass is 9.87. The minimum absolute atomic E-state index is 0.162. The Labute approximate surface area is 182 Å². The van der Waals surface area contributed by atoms with Gasteiger partial charge in [0.2, 0.25) is 5.91 Å². The zero-order valence-corrected chi connectivity index (χ0v) is 17.3.